The fraction of sp³-hybridized carbons (Fsp3) is 0. The number of aromatic nitrogens is 5. The van der Waals surface area contributed by atoms with Gasteiger partial charge in [-0.2, -0.15) is 5.10 Å². The minimum absolute atomic E-state index is 0.348. The second-order valence-electron chi connectivity index (χ2n) is 2.33. The largest absolute Gasteiger partial charge is 0.325 e. The molecule has 7 nitrogen and oxygen atoms in total. The lowest BCUT2D eigenvalue weighted by atomic mass is 10.7. The summed E-state index contributed by atoms with van der Waals surface area (Å²) in [6, 6.07) is 0. The molecule has 0 saturated carbocycles. The van der Waals surface area contributed by atoms with Crippen LogP contribution in [-0.4, -0.2) is 25.1 Å². The molecule has 0 amide bonds. The molecule has 0 unspecified atom stereocenters. The van der Waals surface area contributed by atoms with Gasteiger partial charge in [-0.25, -0.2) is 9.78 Å². The zero-order chi connectivity index (χ0) is 9.97. The summed E-state index contributed by atoms with van der Waals surface area (Å²) in [5.74, 6) is 0. The van der Waals surface area contributed by atoms with Gasteiger partial charge in [-0.05, 0) is 11.8 Å². The second kappa shape index (κ2) is 3.50. The minimum atomic E-state index is -0.531. The Kier molecular flexibility index (Phi) is 2.19. The van der Waals surface area contributed by atoms with Crippen molar-refractivity contribution in [3.8, 4) is 0 Å². The number of hydrogen-bond acceptors (Lipinski definition) is 5. The van der Waals surface area contributed by atoms with Gasteiger partial charge < -0.3 is 4.98 Å². The molecule has 0 bridgehead atoms. The number of nitrogens with one attached hydrogen (secondary N) is 3. The van der Waals surface area contributed by atoms with E-state index >= 15 is 0 Å². The Hall–Kier alpha value is -1.83. The van der Waals surface area contributed by atoms with Gasteiger partial charge in [0.05, 0.1) is 4.90 Å². The first-order valence-corrected chi connectivity index (χ1v) is 4.42. The maximum atomic E-state index is 11.2. The number of hydrogen-bond donors (Lipinski definition) is 3. The maximum Gasteiger partial charge on any atom is 0.325 e. The number of nitrogens with zero attached hydrogens (tertiary/aromatic N) is 2. The van der Waals surface area contributed by atoms with E-state index in [0.29, 0.717) is 10.1 Å². The van der Waals surface area contributed by atoms with Gasteiger partial charge >= 0.3 is 5.69 Å². The van der Waals surface area contributed by atoms with E-state index in [1.54, 1.807) is 0 Å². The lowest BCUT2D eigenvalue weighted by Gasteiger charge is -1.93. The predicted octanol–water partition coefficient (Wildman–Crippen LogP) is -0.668. The third-order valence-electron chi connectivity index (χ3n) is 1.38. The summed E-state index contributed by atoms with van der Waals surface area (Å²) in [5, 5.41) is 6.70. The van der Waals surface area contributed by atoms with Crippen LogP contribution in [0.2, 0.25) is 0 Å². The molecule has 8 heteroatoms. The van der Waals surface area contributed by atoms with Crippen LogP contribution in [0, 0.1) is 0 Å². The van der Waals surface area contributed by atoms with Crippen molar-refractivity contribution in [2.45, 2.75) is 10.1 Å². The van der Waals surface area contributed by atoms with Crippen molar-refractivity contribution in [1.82, 2.24) is 25.1 Å². The monoisotopic (exact) mass is 211 g/mol. The molecule has 0 saturated heterocycles. The highest BCUT2D eigenvalue weighted by Crippen LogP contribution is 2.17. The average molecular weight is 211 g/mol. The molecule has 0 aliphatic carbocycles. The summed E-state index contributed by atoms with van der Waals surface area (Å²) < 4.78 is 0. The van der Waals surface area contributed by atoms with E-state index in [4.69, 9.17) is 0 Å². The Morgan fingerprint density at radius 2 is 2.21 bits per heavy atom. The van der Waals surface area contributed by atoms with Gasteiger partial charge in [0.15, 0.2) is 5.16 Å². The first-order chi connectivity index (χ1) is 6.75. The number of rotatable bonds is 2. The van der Waals surface area contributed by atoms with Crippen LogP contribution in [0.15, 0.2) is 32.2 Å². The van der Waals surface area contributed by atoms with Gasteiger partial charge in [-0.3, -0.25) is 14.9 Å². The molecule has 0 aromatic carbocycles. The van der Waals surface area contributed by atoms with Crippen LogP contribution in [0.5, 0.6) is 0 Å². The van der Waals surface area contributed by atoms with E-state index in [0.717, 1.165) is 11.8 Å². The fourth-order valence-corrected chi connectivity index (χ4v) is 1.49. The van der Waals surface area contributed by atoms with E-state index < -0.39 is 11.2 Å². The molecule has 14 heavy (non-hydrogen) atoms. The average Bonchev–Trinajstić information content (AvgIpc) is 2.62. The lowest BCUT2D eigenvalue weighted by Crippen LogP contribution is -2.22. The van der Waals surface area contributed by atoms with E-state index in [1.807, 2.05) is 0 Å². The van der Waals surface area contributed by atoms with Crippen LogP contribution in [-0.2, 0) is 0 Å². The van der Waals surface area contributed by atoms with Gasteiger partial charge in [-0.1, -0.05) is 0 Å². The SMILES string of the molecule is O=c1[nH]cc(Sc2ncn[nH]2)c(=O)[nH]1. The van der Waals surface area contributed by atoms with Crippen molar-refractivity contribution in [2.75, 3.05) is 0 Å². The summed E-state index contributed by atoms with van der Waals surface area (Å²) >= 11 is 1.09. The minimum Gasteiger partial charge on any atom is -0.313 e. The molecule has 0 fully saturated rings. The Morgan fingerprint density at radius 3 is 2.86 bits per heavy atom. The van der Waals surface area contributed by atoms with Crippen LogP contribution in [0.3, 0.4) is 0 Å². The highest BCUT2D eigenvalue weighted by molar-refractivity contribution is 7.99. The summed E-state index contributed by atoms with van der Waals surface area (Å²) in [5.41, 5.74) is -0.980. The summed E-state index contributed by atoms with van der Waals surface area (Å²) in [7, 11) is 0. The van der Waals surface area contributed by atoms with Gasteiger partial charge in [0, 0.05) is 6.20 Å². The van der Waals surface area contributed by atoms with Gasteiger partial charge in [0.25, 0.3) is 5.56 Å². The molecule has 2 aromatic rings. The smallest absolute Gasteiger partial charge is 0.313 e. The van der Waals surface area contributed by atoms with Crippen molar-refractivity contribution < 1.29 is 0 Å². The molecule has 0 radical (unpaired) electrons. The maximum absolute atomic E-state index is 11.2. The Balaban J connectivity index is 2.35. The van der Waals surface area contributed by atoms with Crippen LogP contribution in [0.1, 0.15) is 0 Å². The predicted molar refractivity (Wildman–Crippen MR) is 48.2 cm³/mol. The van der Waals surface area contributed by atoms with Crippen LogP contribution in [0.25, 0.3) is 0 Å². The molecule has 2 aromatic heterocycles. The Bertz CT molecular complexity index is 528. The van der Waals surface area contributed by atoms with Crippen molar-refractivity contribution >= 4 is 11.8 Å². The zero-order valence-electron chi connectivity index (χ0n) is 6.77. The Morgan fingerprint density at radius 1 is 1.36 bits per heavy atom. The van der Waals surface area contributed by atoms with Crippen LogP contribution >= 0.6 is 11.8 Å². The van der Waals surface area contributed by atoms with E-state index in [1.165, 1.54) is 12.5 Å². The standard InChI is InChI=1S/C6H5N5O2S/c12-4-3(1-7-5(13)10-4)14-6-8-2-9-11-6/h1-2H,(H,8,9,11)(H2,7,10,12,13). The first kappa shape index (κ1) is 8.75. The molecule has 0 spiro atoms. The molecule has 0 aliphatic rings. The Labute approximate surface area is 81.0 Å². The fourth-order valence-electron chi connectivity index (χ4n) is 0.821. The highest BCUT2D eigenvalue weighted by atomic mass is 32.2. The quantitative estimate of drug-likeness (QED) is 0.610. The van der Waals surface area contributed by atoms with E-state index in [2.05, 4.69) is 25.1 Å². The molecule has 0 atom stereocenters. The number of H-pyrrole nitrogens is 3. The van der Waals surface area contributed by atoms with Gasteiger partial charge in [-0.15, -0.1) is 0 Å². The topological polar surface area (TPSA) is 107 Å². The second-order valence-corrected chi connectivity index (χ2v) is 3.36. The van der Waals surface area contributed by atoms with Crippen LogP contribution in [0.4, 0.5) is 0 Å². The molecular formula is C6H5N5O2S. The lowest BCUT2D eigenvalue weighted by molar-refractivity contribution is 0.951. The molecule has 2 rings (SSSR count). The molecule has 0 aliphatic heterocycles. The van der Waals surface area contributed by atoms with E-state index in [9.17, 15) is 9.59 Å². The molecule has 2 heterocycles. The summed E-state index contributed by atoms with van der Waals surface area (Å²) in [4.78, 5) is 30.5. The molecule has 3 N–H and O–H groups in total. The summed E-state index contributed by atoms with van der Waals surface area (Å²) in [6.45, 7) is 0. The van der Waals surface area contributed by atoms with Crippen LogP contribution < -0.4 is 11.2 Å². The third-order valence-corrected chi connectivity index (χ3v) is 2.30. The first-order valence-electron chi connectivity index (χ1n) is 3.61. The summed E-state index contributed by atoms with van der Waals surface area (Å²) in [6.07, 6.45) is 2.66. The molecule has 72 valence electrons. The normalized spacial score (nSPS) is 10.3. The van der Waals surface area contributed by atoms with Gasteiger partial charge in [0.1, 0.15) is 6.33 Å². The zero-order valence-corrected chi connectivity index (χ0v) is 7.59. The van der Waals surface area contributed by atoms with Gasteiger partial charge in [0.2, 0.25) is 0 Å². The van der Waals surface area contributed by atoms with Crippen molar-refractivity contribution in [3.63, 3.8) is 0 Å². The van der Waals surface area contributed by atoms with Crippen molar-refractivity contribution in [3.05, 3.63) is 33.4 Å². The molecular weight excluding hydrogens is 206 g/mol. The number of aromatic amines is 3. The highest BCUT2D eigenvalue weighted by Gasteiger charge is 2.04. The van der Waals surface area contributed by atoms with E-state index in [-0.39, 0.29) is 0 Å². The van der Waals surface area contributed by atoms with Crippen molar-refractivity contribution in [1.29, 1.82) is 0 Å². The third kappa shape index (κ3) is 1.74. The van der Waals surface area contributed by atoms with Crippen molar-refractivity contribution in [2.24, 2.45) is 0 Å².